The molecule has 0 aliphatic heterocycles. The van der Waals surface area contributed by atoms with E-state index in [1.54, 1.807) is 6.08 Å². The fourth-order valence-corrected chi connectivity index (χ4v) is 0.463. The molecular formula is C8H17NO2. The Hall–Kier alpha value is -0.830. The van der Waals surface area contributed by atoms with Crippen LogP contribution in [0.2, 0.25) is 0 Å². The molecule has 0 atom stereocenters. The first-order valence-electron chi connectivity index (χ1n) is 3.24. The Morgan fingerprint density at radius 1 is 1.64 bits per heavy atom. The predicted molar refractivity (Wildman–Crippen MR) is 46.7 cm³/mol. The van der Waals surface area contributed by atoms with Gasteiger partial charge in [0.1, 0.15) is 0 Å². The van der Waals surface area contributed by atoms with Gasteiger partial charge in [0.2, 0.25) is 0 Å². The van der Waals surface area contributed by atoms with Gasteiger partial charge in [-0.25, -0.2) is 4.79 Å². The third kappa shape index (κ3) is 9.17. The number of carbonyl (C=O) groups is 1. The van der Waals surface area contributed by atoms with Crippen LogP contribution < -0.4 is 0 Å². The molecule has 0 amide bonds. The van der Waals surface area contributed by atoms with E-state index in [1.807, 2.05) is 18.9 Å². The zero-order valence-electron chi connectivity index (χ0n) is 6.37. The molecule has 1 N–H and O–H groups in total. The average molecular weight is 159 g/mol. The molecule has 0 heterocycles. The maximum atomic E-state index is 9.96. The molecule has 0 saturated heterocycles. The highest BCUT2D eigenvalue weighted by atomic mass is 16.4. The van der Waals surface area contributed by atoms with Crippen molar-refractivity contribution in [3.05, 3.63) is 12.2 Å². The molecular weight excluding hydrogens is 142 g/mol. The number of aliphatic carboxylic acids is 1. The van der Waals surface area contributed by atoms with Crippen molar-refractivity contribution in [1.82, 2.24) is 4.90 Å². The first kappa shape index (κ1) is 12.8. The van der Waals surface area contributed by atoms with E-state index in [0.29, 0.717) is 6.54 Å². The van der Waals surface area contributed by atoms with E-state index in [4.69, 9.17) is 5.11 Å². The smallest absolute Gasteiger partial charge is 0.328 e. The summed E-state index contributed by atoms with van der Waals surface area (Å²) in [6.45, 7) is 3.65. The number of rotatable bonds is 4. The molecule has 0 fully saturated rings. The van der Waals surface area contributed by atoms with Crippen LogP contribution in [-0.2, 0) is 4.79 Å². The zero-order chi connectivity index (χ0) is 7.98. The van der Waals surface area contributed by atoms with Crippen molar-refractivity contribution in [3.63, 3.8) is 0 Å². The van der Waals surface area contributed by atoms with E-state index in [-0.39, 0.29) is 7.43 Å². The van der Waals surface area contributed by atoms with Gasteiger partial charge >= 0.3 is 5.97 Å². The largest absolute Gasteiger partial charge is 0.478 e. The Bertz CT molecular complexity index is 132. The lowest BCUT2D eigenvalue weighted by atomic mass is 10.4. The van der Waals surface area contributed by atoms with Crippen molar-refractivity contribution in [1.29, 1.82) is 0 Å². The van der Waals surface area contributed by atoms with Gasteiger partial charge in [-0.15, -0.1) is 0 Å². The summed E-state index contributed by atoms with van der Waals surface area (Å²) in [5, 5.41) is 8.19. The van der Waals surface area contributed by atoms with Crippen molar-refractivity contribution in [2.75, 3.05) is 20.1 Å². The summed E-state index contributed by atoms with van der Waals surface area (Å²) in [5.74, 6) is -0.885. The van der Waals surface area contributed by atoms with Crippen LogP contribution in [0.1, 0.15) is 14.4 Å². The Labute approximate surface area is 68.3 Å². The van der Waals surface area contributed by atoms with Gasteiger partial charge in [-0.05, 0) is 13.6 Å². The quantitative estimate of drug-likeness (QED) is 0.627. The van der Waals surface area contributed by atoms with E-state index >= 15 is 0 Å². The van der Waals surface area contributed by atoms with Crippen molar-refractivity contribution in [3.8, 4) is 0 Å². The highest BCUT2D eigenvalue weighted by molar-refractivity contribution is 5.79. The lowest BCUT2D eigenvalue weighted by Gasteiger charge is -2.08. The van der Waals surface area contributed by atoms with Gasteiger partial charge in [-0.1, -0.05) is 20.4 Å². The van der Waals surface area contributed by atoms with Crippen molar-refractivity contribution in [2.45, 2.75) is 14.4 Å². The second-order valence-electron chi connectivity index (χ2n) is 2.10. The third-order valence-corrected chi connectivity index (χ3v) is 1.22. The number of likely N-dealkylation sites (N-methyl/N-ethyl adjacent to an activating group) is 1. The van der Waals surface area contributed by atoms with Crippen LogP contribution in [-0.4, -0.2) is 36.1 Å². The summed E-state index contributed by atoms with van der Waals surface area (Å²) < 4.78 is 0. The van der Waals surface area contributed by atoms with E-state index in [1.165, 1.54) is 0 Å². The monoisotopic (exact) mass is 159 g/mol. The van der Waals surface area contributed by atoms with Gasteiger partial charge in [0.25, 0.3) is 0 Å². The number of hydrogen-bond acceptors (Lipinski definition) is 2. The molecule has 3 heteroatoms. The molecule has 66 valence electrons. The fraction of sp³-hybridized carbons (Fsp3) is 0.625. The fourth-order valence-electron chi connectivity index (χ4n) is 0.463. The minimum absolute atomic E-state index is 0. The normalized spacial score (nSPS) is 10.1. The van der Waals surface area contributed by atoms with Crippen LogP contribution in [0.3, 0.4) is 0 Å². The molecule has 0 aliphatic carbocycles. The summed E-state index contributed by atoms with van der Waals surface area (Å²) >= 11 is 0. The Morgan fingerprint density at radius 3 is 2.55 bits per heavy atom. The molecule has 0 saturated carbocycles. The maximum absolute atomic E-state index is 9.96. The minimum atomic E-state index is -0.885. The van der Waals surface area contributed by atoms with Crippen LogP contribution in [0.15, 0.2) is 12.2 Å². The van der Waals surface area contributed by atoms with Gasteiger partial charge in [0.05, 0.1) is 0 Å². The van der Waals surface area contributed by atoms with E-state index in [9.17, 15) is 4.79 Å². The zero-order valence-corrected chi connectivity index (χ0v) is 6.37. The molecule has 0 aromatic heterocycles. The Balaban J connectivity index is 0. The van der Waals surface area contributed by atoms with Crippen molar-refractivity contribution in [2.24, 2.45) is 0 Å². The Kier molecular flexibility index (Phi) is 8.48. The molecule has 0 radical (unpaired) electrons. The highest BCUT2D eigenvalue weighted by Gasteiger charge is 1.89. The molecule has 0 bridgehead atoms. The molecule has 11 heavy (non-hydrogen) atoms. The topological polar surface area (TPSA) is 40.5 Å². The predicted octanol–water partition coefficient (Wildman–Crippen LogP) is 1.22. The van der Waals surface area contributed by atoms with Crippen LogP contribution in [0, 0.1) is 0 Å². The molecule has 0 aromatic rings. The van der Waals surface area contributed by atoms with Crippen LogP contribution >= 0.6 is 0 Å². The van der Waals surface area contributed by atoms with E-state index < -0.39 is 5.97 Å². The lowest BCUT2D eigenvalue weighted by Crippen LogP contribution is -2.17. The molecule has 3 nitrogen and oxygen atoms in total. The summed E-state index contributed by atoms with van der Waals surface area (Å²) in [5.41, 5.74) is 0. The van der Waals surface area contributed by atoms with Crippen molar-refractivity contribution < 1.29 is 9.90 Å². The molecule has 0 spiro atoms. The SMILES string of the molecule is C.CCN(C)C/C=C/C(=O)O. The first-order valence-corrected chi connectivity index (χ1v) is 3.24. The first-order chi connectivity index (χ1) is 4.66. The second-order valence-corrected chi connectivity index (χ2v) is 2.10. The molecule has 0 rings (SSSR count). The van der Waals surface area contributed by atoms with Gasteiger partial charge in [-0.3, -0.25) is 0 Å². The van der Waals surface area contributed by atoms with E-state index in [2.05, 4.69) is 0 Å². The van der Waals surface area contributed by atoms with Gasteiger partial charge in [0.15, 0.2) is 0 Å². The van der Waals surface area contributed by atoms with Gasteiger partial charge in [-0.2, -0.15) is 0 Å². The molecule has 0 aliphatic rings. The second kappa shape index (κ2) is 7.28. The summed E-state index contributed by atoms with van der Waals surface area (Å²) in [4.78, 5) is 12.0. The number of hydrogen-bond donors (Lipinski definition) is 1. The van der Waals surface area contributed by atoms with Gasteiger partial charge < -0.3 is 10.0 Å². The van der Waals surface area contributed by atoms with Crippen LogP contribution in [0.4, 0.5) is 0 Å². The van der Waals surface area contributed by atoms with Crippen molar-refractivity contribution >= 4 is 5.97 Å². The van der Waals surface area contributed by atoms with Crippen LogP contribution in [0.25, 0.3) is 0 Å². The number of nitrogens with zero attached hydrogens (tertiary/aromatic N) is 1. The lowest BCUT2D eigenvalue weighted by molar-refractivity contribution is -0.131. The number of carboxylic acids is 1. The Morgan fingerprint density at radius 2 is 2.18 bits per heavy atom. The highest BCUT2D eigenvalue weighted by Crippen LogP contribution is 1.81. The summed E-state index contributed by atoms with van der Waals surface area (Å²) in [6.07, 6.45) is 2.79. The average Bonchev–Trinajstić information content (AvgIpc) is 1.87. The van der Waals surface area contributed by atoms with Gasteiger partial charge in [0, 0.05) is 12.6 Å². The number of carboxylic acid groups (broad SMARTS) is 1. The maximum Gasteiger partial charge on any atom is 0.328 e. The molecule has 0 aromatic carbocycles. The standard InChI is InChI=1S/C7H13NO2.CH4/c1-3-8(2)6-4-5-7(9)10;/h4-5H,3,6H2,1-2H3,(H,9,10);1H4/b5-4+;. The third-order valence-electron chi connectivity index (χ3n) is 1.22. The molecule has 0 unspecified atom stereocenters. The summed E-state index contributed by atoms with van der Waals surface area (Å²) in [7, 11) is 1.94. The summed E-state index contributed by atoms with van der Waals surface area (Å²) in [6, 6.07) is 0. The van der Waals surface area contributed by atoms with Crippen LogP contribution in [0.5, 0.6) is 0 Å². The minimum Gasteiger partial charge on any atom is -0.478 e. The van der Waals surface area contributed by atoms with E-state index in [0.717, 1.165) is 12.6 Å².